The summed E-state index contributed by atoms with van der Waals surface area (Å²) >= 11 is 0. The van der Waals surface area contributed by atoms with Gasteiger partial charge in [-0.05, 0) is 30.3 Å². The second-order valence-corrected chi connectivity index (χ2v) is 6.04. The summed E-state index contributed by atoms with van der Waals surface area (Å²) < 4.78 is 82.0. The molecule has 0 aromatic heterocycles. The van der Waals surface area contributed by atoms with Gasteiger partial charge in [0.2, 0.25) is 0 Å². The summed E-state index contributed by atoms with van der Waals surface area (Å²) in [7, 11) is 1.39. The number of amides is 2. The first-order valence-corrected chi connectivity index (χ1v) is 8.59. The van der Waals surface area contributed by atoms with Gasteiger partial charge in [0.05, 0.1) is 23.9 Å². The highest BCUT2D eigenvalue weighted by molar-refractivity contribution is 6.31. The zero-order valence-corrected chi connectivity index (χ0v) is 16.2. The molecule has 2 aromatic carbocycles. The van der Waals surface area contributed by atoms with E-state index in [-0.39, 0.29) is 6.07 Å². The Kier molecular flexibility index (Phi) is 7.67. The Morgan fingerprint density at radius 2 is 1.56 bits per heavy atom. The van der Waals surface area contributed by atoms with E-state index in [0.717, 1.165) is 0 Å². The van der Waals surface area contributed by atoms with Gasteiger partial charge >= 0.3 is 12.4 Å². The van der Waals surface area contributed by atoms with E-state index in [1.54, 1.807) is 24.3 Å². The van der Waals surface area contributed by atoms with Gasteiger partial charge in [-0.2, -0.15) is 26.3 Å². The van der Waals surface area contributed by atoms with Gasteiger partial charge in [-0.25, -0.2) is 0 Å². The molecule has 0 saturated heterocycles. The number of alkyl halides is 6. The fourth-order valence-corrected chi connectivity index (χ4v) is 2.32. The van der Waals surface area contributed by atoms with Gasteiger partial charge < -0.3 is 20.2 Å². The van der Waals surface area contributed by atoms with Crippen LogP contribution in [0.3, 0.4) is 0 Å². The number of carbonyl (C=O) groups is 2. The average molecular weight is 463 g/mol. The Morgan fingerprint density at radius 3 is 2.12 bits per heavy atom. The number of anilines is 2. The van der Waals surface area contributed by atoms with Crippen molar-refractivity contribution in [1.29, 1.82) is 0 Å². The molecule has 0 unspecified atom stereocenters. The Labute approximate surface area is 177 Å². The van der Waals surface area contributed by atoms with Crippen molar-refractivity contribution < 1.29 is 45.5 Å². The lowest BCUT2D eigenvalue weighted by atomic mass is 10.1. The van der Waals surface area contributed by atoms with Crippen molar-refractivity contribution in [2.45, 2.75) is 12.4 Å². The van der Waals surface area contributed by atoms with Gasteiger partial charge in [0.25, 0.3) is 11.8 Å². The molecule has 2 aromatic rings. The predicted molar refractivity (Wildman–Crippen MR) is 101 cm³/mol. The normalized spacial score (nSPS) is 11.8. The first-order valence-electron chi connectivity index (χ1n) is 8.59. The van der Waals surface area contributed by atoms with Gasteiger partial charge in [-0.3, -0.25) is 9.59 Å². The van der Waals surface area contributed by atoms with Crippen LogP contribution in [0.5, 0.6) is 5.75 Å². The number of nitrogens with one attached hydrogen (secondary N) is 2. The standard InChI is InChI=1S/C19H15F6N3O4/c1-31-15-5-3-2-4-14(15)28-16(29)9-26-32-10-17(30)27-13-7-11(18(20,21)22)6-12(8-13)19(23,24)25/h2-9H,10H2,1H3,(H,27,30)(H,28,29)/b26-9-. The quantitative estimate of drug-likeness (QED) is 0.364. The topological polar surface area (TPSA) is 89.0 Å². The monoisotopic (exact) mass is 463 g/mol. The number of nitrogens with zero attached hydrogens (tertiary/aromatic N) is 1. The van der Waals surface area contributed by atoms with Crippen molar-refractivity contribution in [3.05, 3.63) is 53.6 Å². The number of rotatable bonds is 7. The Morgan fingerprint density at radius 1 is 0.969 bits per heavy atom. The summed E-state index contributed by atoms with van der Waals surface area (Å²) in [6.45, 7) is -0.879. The van der Waals surface area contributed by atoms with Crippen molar-refractivity contribution >= 4 is 29.4 Å². The first kappa shape index (κ1) is 24.5. The molecule has 0 heterocycles. The van der Waals surface area contributed by atoms with Crippen LogP contribution in [0.1, 0.15) is 11.1 Å². The number of hydrogen-bond donors (Lipinski definition) is 2. The summed E-state index contributed by atoms with van der Waals surface area (Å²) in [6, 6.07) is 7.06. The van der Waals surface area contributed by atoms with Gasteiger partial charge in [0, 0.05) is 5.69 Å². The molecule has 13 heteroatoms. The van der Waals surface area contributed by atoms with E-state index in [1.807, 2.05) is 5.32 Å². The van der Waals surface area contributed by atoms with Crippen LogP contribution in [-0.4, -0.2) is 31.7 Å². The highest BCUT2D eigenvalue weighted by atomic mass is 19.4. The van der Waals surface area contributed by atoms with Gasteiger partial charge in [0.15, 0.2) is 6.61 Å². The second kappa shape index (κ2) is 10.0. The number of benzene rings is 2. The molecule has 2 N–H and O–H groups in total. The number of methoxy groups -OCH3 is 1. The predicted octanol–water partition coefficient (Wildman–Crippen LogP) is 4.31. The molecule has 172 valence electrons. The molecule has 0 spiro atoms. The molecule has 0 radical (unpaired) electrons. The van der Waals surface area contributed by atoms with Gasteiger partial charge in [-0.15, -0.1) is 0 Å². The highest BCUT2D eigenvalue weighted by Crippen LogP contribution is 2.37. The molecule has 0 fully saturated rings. The lowest BCUT2D eigenvalue weighted by molar-refractivity contribution is -0.143. The summed E-state index contributed by atoms with van der Waals surface area (Å²) in [6.07, 6.45) is -9.45. The lowest BCUT2D eigenvalue weighted by Crippen LogP contribution is -2.19. The lowest BCUT2D eigenvalue weighted by Gasteiger charge is -2.14. The second-order valence-electron chi connectivity index (χ2n) is 6.04. The maximum Gasteiger partial charge on any atom is 0.416 e. The molecule has 0 aliphatic carbocycles. The van der Waals surface area contributed by atoms with Crippen LogP contribution in [0.25, 0.3) is 0 Å². The third-order valence-electron chi connectivity index (χ3n) is 3.68. The van der Waals surface area contributed by atoms with E-state index < -0.39 is 47.6 Å². The van der Waals surface area contributed by atoms with Gasteiger partial charge in [-0.1, -0.05) is 17.3 Å². The molecular weight excluding hydrogens is 448 g/mol. The van der Waals surface area contributed by atoms with Crippen molar-refractivity contribution in [2.24, 2.45) is 5.16 Å². The SMILES string of the molecule is COc1ccccc1NC(=O)/C=N\OCC(=O)Nc1cc(C(F)(F)F)cc(C(F)(F)F)c1. The van der Waals surface area contributed by atoms with Crippen molar-refractivity contribution in [2.75, 3.05) is 24.4 Å². The van der Waals surface area contributed by atoms with Crippen molar-refractivity contribution in [3.8, 4) is 5.75 Å². The van der Waals surface area contributed by atoms with E-state index in [4.69, 9.17) is 4.74 Å². The maximum atomic E-state index is 12.8. The zero-order valence-electron chi connectivity index (χ0n) is 16.2. The van der Waals surface area contributed by atoms with Crippen molar-refractivity contribution in [1.82, 2.24) is 0 Å². The first-order chi connectivity index (χ1) is 14.9. The number of para-hydroxylation sites is 2. The zero-order chi connectivity index (χ0) is 23.9. The molecule has 0 bridgehead atoms. The van der Waals surface area contributed by atoms with Crippen LogP contribution in [0.2, 0.25) is 0 Å². The van der Waals surface area contributed by atoms with E-state index >= 15 is 0 Å². The Balaban J connectivity index is 1.96. The van der Waals surface area contributed by atoms with Crippen LogP contribution in [-0.2, 0) is 26.8 Å². The number of carbonyl (C=O) groups excluding carboxylic acids is 2. The third-order valence-corrected chi connectivity index (χ3v) is 3.68. The summed E-state index contributed by atoms with van der Waals surface area (Å²) in [4.78, 5) is 28.1. The van der Waals surface area contributed by atoms with E-state index in [0.29, 0.717) is 29.8 Å². The van der Waals surface area contributed by atoms with Crippen LogP contribution in [0.4, 0.5) is 37.7 Å². The summed E-state index contributed by atoms with van der Waals surface area (Å²) in [5.41, 5.74) is -3.59. The molecule has 7 nitrogen and oxygen atoms in total. The van der Waals surface area contributed by atoms with Crippen LogP contribution in [0.15, 0.2) is 47.6 Å². The molecule has 0 saturated carbocycles. The minimum atomic E-state index is -5.06. The number of halogens is 6. The minimum absolute atomic E-state index is 0.0726. The summed E-state index contributed by atoms with van der Waals surface area (Å²) in [5.74, 6) is -1.48. The molecule has 0 atom stereocenters. The third kappa shape index (κ3) is 7.18. The molecule has 0 aliphatic heterocycles. The molecule has 32 heavy (non-hydrogen) atoms. The molecule has 2 amide bonds. The highest BCUT2D eigenvalue weighted by Gasteiger charge is 2.37. The minimum Gasteiger partial charge on any atom is -0.495 e. The van der Waals surface area contributed by atoms with Crippen LogP contribution in [0, 0.1) is 0 Å². The largest absolute Gasteiger partial charge is 0.495 e. The smallest absolute Gasteiger partial charge is 0.416 e. The van der Waals surface area contributed by atoms with Crippen molar-refractivity contribution in [3.63, 3.8) is 0 Å². The van der Waals surface area contributed by atoms with Crippen LogP contribution >= 0.6 is 0 Å². The molecule has 0 aliphatic rings. The Bertz CT molecular complexity index is 973. The fraction of sp³-hybridized carbons (Fsp3) is 0.211. The molecular formula is C19H15F6N3O4. The Hall–Kier alpha value is -3.77. The number of hydrogen-bond acceptors (Lipinski definition) is 5. The number of oxime groups is 1. The summed E-state index contributed by atoms with van der Waals surface area (Å²) in [5, 5.41) is 7.50. The average Bonchev–Trinajstić information content (AvgIpc) is 2.70. The van der Waals surface area contributed by atoms with E-state index in [1.165, 1.54) is 7.11 Å². The van der Waals surface area contributed by atoms with E-state index in [9.17, 15) is 35.9 Å². The maximum absolute atomic E-state index is 12.8. The van der Waals surface area contributed by atoms with E-state index in [2.05, 4.69) is 15.3 Å². The van der Waals surface area contributed by atoms with Crippen LogP contribution < -0.4 is 15.4 Å². The number of ether oxygens (including phenoxy) is 1. The molecule has 2 rings (SSSR count). The van der Waals surface area contributed by atoms with Gasteiger partial charge in [0.1, 0.15) is 12.0 Å². The fourth-order valence-electron chi connectivity index (χ4n) is 2.32.